The lowest BCUT2D eigenvalue weighted by Gasteiger charge is -2.08. The predicted octanol–water partition coefficient (Wildman–Crippen LogP) is 2.64. The van der Waals surface area contributed by atoms with Crippen molar-refractivity contribution < 1.29 is 9.53 Å². The van der Waals surface area contributed by atoms with E-state index in [9.17, 15) is 4.79 Å². The summed E-state index contributed by atoms with van der Waals surface area (Å²) in [6.45, 7) is 0.554. The molecule has 0 spiro atoms. The monoisotopic (exact) mass is 320 g/mol. The van der Waals surface area contributed by atoms with Crippen molar-refractivity contribution in [2.24, 2.45) is 5.84 Å². The highest BCUT2D eigenvalue weighted by Crippen LogP contribution is 2.28. The Morgan fingerprint density at radius 1 is 1.47 bits per heavy atom. The lowest BCUT2D eigenvalue weighted by Crippen LogP contribution is -2.29. The SMILES string of the molecule is NNC(=O)CCCCOc1ccc(Cl)cc1Br. The van der Waals surface area contributed by atoms with Gasteiger partial charge in [0.1, 0.15) is 5.75 Å². The number of rotatable bonds is 6. The Morgan fingerprint density at radius 2 is 2.24 bits per heavy atom. The van der Waals surface area contributed by atoms with E-state index in [0.717, 1.165) is 23.1 Å². The fourth-order valence-electron chi connectivity index (χ4n) is 1.23. The maximum Gasteiger partial charge on any atom is 0.233 e. The number of nitrogens with two attached hydrogens (primary N) is 1. The van der Waals surface area contributed by atoms with Crippen LogP contribution in [0.15, 0.2) is 22.7 Å². The number of carbonyl (C=O) groups is 1. The van der Waals surface area contributed by atoms with Crippen LogP contribution >= 0.6 is 27.5 Å². The summed E-state index contributed by atoms with van der Waals surface area (Å²) in [6.07, 6.45) is 1.96. The van der Waals surface area contributed by atoms with Crippen LogP contribution in [0.4, 0.5) is 0 Å². The van der Waals surface area contributed by atoms with Crippen molar-refractivity contribution in [2.45, 2.75) is 19.3 Å². The van der Waals surface area contributed by atoms with E-state index in [0.29, 0.717) is 18.1 Å². The largest absolute Gasteiger partial charge is 0.492 e. The van der Waals surface area contributed by atoms with Crippen LogP contribution in [0.2, 0.25) is 5.02 Å². The van der Waals surface area contributed by atoms with Gasteiger partial charge in [0.25, 0.3) is 0 Å². The van der Waals surface area contributed by atoms with Crippen LogP contribution in [0.25, 0.3) is 0 Å². The normalized spacial score (nSPS) is 10.1. The molecule has 0 aliphatic carbocycles. The Kier molecular flexibility index (Phi) is 6.32. The fourth-order valence-corrected chi connectivity index (χ4v) is 2.03. The molecule has 0 heterocycles. The maximum absolute atomic E-state index is 10.8. The van der Waals surface area contributed by atoms with Gasteiger partial charge in [0, 0.05) is 11.4 Å². The molecule has 0 radical (unpaired) electrons. The Bertz CT molecular complexity index is 388. The van der Waals surface area contributed by atoms with E-state index in [4.69, 9.17) is 22.2 Å². The number of unbranched alkanes of at least 4 members (excludes halogenated alkanes) is 1. The van der Waals surface area contributed by atoms with E-state index in [2.05, 4.69) is 21.4 Å². The molecule has 3 N–H and O–H groups in total. The number of nitrogens with one attached hydrogen (secondary N) is 1. The third-order valence-electron chi connectivity index (χ3n) is 2.11. The Hall–Kier alpha value is -0.780. The quantitative estimate of drug-likeness (QED) is 0.366. The van der Waals surface area contributed by atoms with E-state index in [1.165, 1.54) is 0 Å². The average Bonchev–Trinajstić information content (AvgIpc) is 2.30. The third-order valence-corrected chi connectivity index (χ3v) is 2.97. The van der Waals surface area contributed by atoms with Crippen LogP contribution in [0.5, 0.6) is 5.75 Å². The van der Waals surface area contributed by atoms with Crippen LogP contribution in [0.1, 0.15) is 19.3 Å². The number of hydrazine groups is 1. The first kappa shape index (κ1) is 14.3. The Labute approximate surface area is 114 Å². The van der Waals surface area contributed by atoms with Crippen molar-refractivity contribution in [1.82, 2.24) is 5.43 Å². The summed E-state index contributed by atoms with van der Waals surface area (Å²) in [7, 11) is 0. The minimum Gasteiger partial charge on any atom is -0.492 e. The lowest BCUT2D eigenvalue weighted by atomic mass is 10.2. The Balaban J connectivity index is 2.24. The molecule has 1 aromatic carbocycles. The third kappa shape index (κ3) is 5.39. The summed E-state index contributed by atoms with van der Waals surface area (Å²) in [5.41, 5.74) is 2.09. The molecule has 0 aromatic heterocycles. The maximum atomic E-state index is 10.8. The molecule has 0 aliphatic rings. The second-order valence-electron chi connectivity index (χ2n) is 3.45. The zero-order valence-electron chi connectivity index (χ0n) is 9.21. The van der Waals surface area contributed by atoms with Gasteiger partial charge in [-0.3, -0.25) is 10.2 Å². The average molecular weight is 322 g/mol. The summed E-state index contributed by atoms with van der Waals surface area (Å²) in [4.78, 5) is 10.8. The summed E-state index contributed by atoms with van der Waals surface area (Å²) in [5, 5.41) is 0.656. The van der Waals surface area contributed by atoms with Gasteiger partial charge in [-0.25, -0.2) is 5.84 Å². The first-order valence-electron chi connectivity index (χ1n) is 5.21. The standard InChI is InChI=1S/C11H14BrClN2O2/c12-9-7-8(13)4-5-10(9)17-6-2-1-3-11(16)15-14/h4-5,7H,1-3,6,14H2,(H,15,16). The van der Waals surface area contributed by atoms with Crippen molar-refractivity contribution in [3.05, 3.63) is 27.7 Å². The molecule has 4 nitrogen and oxygen atoms in total. The number of halogens is 2. The molecule has 1 rings (SSSR count). The first-order valence-corrected chi connectivity index (χ1v) is 6.38. The van der Waals surface area contributed by atoms with E-state index in [1.54, 1.807) is 18.2 Å². The molecule has 0 aliphatic heterocycles. The molecule has 0 atom stereocenters. The van der Waals surface area contributed by atoms with E-state index >= 15 is 0 Å². The van der Waals surface area contributed by atoms with Crippen molar-refractivity contribution in [3.63, 3.8) is 0 Å². The molecule has 1 amide bonds. The van der Waals surface area contributed by atoms with Crippen LogP contribution in [0, 0.1) is 0 Å². The van der Waals surface area contributed by atoms with Gasteiger partial charge in [-0.2, -0.15) is 0 Å². The number of benzene rings is 1. The van der Waals surface area contributed by atoms with Crippen molar-refractivity contribution in [2.75, 3.05) is 6.61 Å². The van der Waals surface area contributed by atoms with Gasteiger partial charge in [-0.1, -0.05) is 11.6 Å². The number of amides is 1. The summed E-state index contributed by atoms with van der Waals surface area (Å²) in [5.74, 6) is 5.56. The predicted molar refractivity (Wildman–Crippen MR) is 70.8 cm³/mol. The number of hydrogen-bond donors (Lipinski definition) is 2. The molecule has 94 valence electrons. The second-order valence-corrected chi connectivity index (χ2v) is 4.74. The Morgan fingerprint density at radius 3 is 2.88 bits per heavy atom. The summed E-state index contributed by atoms with van der Waals surface area (Å²) in [6, 6.07) is 5.35. The van der Waals surface area contributed by atoms with Gasteiger partial charge in [0.15, 0.2) is 0 Å². The number of carbonyl (C=O) groups excluding carboxylic acids is 1. The zero-order valence-corrected chi connectivity index (χ0v) is 11.6. The highest BCUT2D eigenvalue weighted by Gasteiger charge is 2.02. The van der Waals surface area contributed by atoms with Gasteiger partial charge in [0.2, 0.25) is 5.91 Å². The summed E-state index contributed by atoms with van der Waals surface area (Å²) < 4.78 is 6.36. The molecule has 0 saturated heterocycles. The van der Waals surface area contributed by atoms with Crippen molar-refractivity contribution in [1.29, 1.82) is 0 Å². The molecule has 6 heteroatoms. The first-order chi connectivity index (χ1) is 8.13. The fraction of sp³-hybridized carbons (Fsp3) is 0.364. The second kappa shape index (κ2) is 7.53. The van der Waals surface area contributed by atoms with Gasteiger partial charge in [0.05, 0.1) is 11.1 Å². The molecule has 0 saturated carbocycles. The van der Waals surface area contributed by atoms with Crippen LogP contribution in [-0.2, 0) is 4.79 Å². The van der Waals surface area contributed by atoms with Gasteiger partial charge in [-0.15, -0.1) is 0 Å². The minimum atomic E-state index is -0.155. The zero-order chi connectivity index (χ0) is 12.7. The molecule has 0 fully saturated rings. The lowest BCUT2D eigenvalue weighted by molar-refractivity contribution is -0.121. The van der Waals surface area contributed by atoms with Crippen LogP contribution in [-0.4, -0.2) is 12.5 Å². The highest BCUT2D eigenvalue weighted by atomic mass is 79.9. The topological polar surface area (TPSA) is 64.3 Å². The van der Waals surface area contributed by atoms with E-state index in [1.807, 2.05) is 0 Å². The van der Waals surface area contributed by atoms with Gasteiger partial charge >= 0.3 is 0 Å². The van der Waals surface area contributed by atoms with Crippen molar-refractivity contribution in [3.8, 4) is 5.75 Å². The molecular weight excluding hydrogens is 307 g/mol. The molecule has 1 aromatic rings. The molecule has 17 heavy (non-hydrogen) atoms. The highest BCUT2D eigenvalue weighted by molar-refractivity contribution is 9.10. The van der Waals surface area contributed by atoms with Crippen molar-refractivity contribution >= 4 is 33.4 Å². The van der Waals surface area contributed by atoms with Gasteiger partial charge < -0.3 is 4.74 Å². The van der Waals surface area contributed by atoms with Crippen LogP contribution in [0.3, 0.4) is 0 Å². The van der Waals surface area contributed by atoms with Gasteiger partial charge in [-0.05, 0) is 47.0 Å². The molecule has 0 unspecified atom stereocenters. The minimum absolute atomic E-state index is 0.155. The molecular formula is C11H14BrClN2O2. The molecule has 0 bridgehead atoms. The van der Waals surface area contributed by atoms with E-state index in [-0.39, 0.29) is 5.91 Å². The smallest absolute Gasteiger partial charge is 0.233 e. The number of ether oxygens (including phenoxy) is 1. The van der Waals surface area contributed by atoms with E-state index < -0.39 is 0 Å². The number of hydrogen-bond acceptors (Lipinski definition) is 3. The van der Waals surface area contributed by atoms with Crippen LogP contribution < -0.4 is 16.0 Å². The summed E-state index contributed by atoms with van der Waals surface area (Å²) >= 11 is 9.17.